The molecule has 0 rings (SSSR count). The first-order valence-corrected chi connectivity index (χ1v) is 30.5. The third-order valence-corrected chi connectivity index (χ3v) is 13.6. The van der Waals surface area contributed by atoms with Crippen LogP contribution in [0.3, 0.4) is 0 Å². The SMILES string of the molecule is CCCCC/C=C\C/C=C\CCCCCCCCCC(=O)OC[C@H](COC(=O)CCCCCCC/C=C\CCCCCCCC)OC(=O)CCCCCCCCCCCCCCCCCCCCC. The van der Waals surface area contributed by atoms with Crippen LogP contribution in [0.1, 0.15) is 329 Å². The Bertz CT molecular complexity index is 1160. The zero-order chi connectivity index (χ0) is 50.0. The third-order valence-electron chi connectivity index (χ3n) is 13.6. The molecule has 0 aromatic heterocycles. The molecule has 0 aromatic rings. The minimum atomic E-state index is -0.776. The summed E-state index contributed by atoms with van der Waals surface area (Å²) in [5.74, 6) is -0.870. The van der Waals surface area contributed by atoms with Crippen molar-refractivity contribution in [3.63, 3.8) is 0 Å². The van der Waals surface area contributed by atoms with Gasteiger partial charge in [-0.25, -0.2) is 0 Å². The van der Waals surface area contributed by atoms with Crippen molar-refractivity contribution < 1.29 is 28.6 Å². The Hall–Kier alpha value is -2.37. The van der Waals surface area contributed by atoms with E-state index in [0.29, 0.717) is 19.3 Å². The Morgan fingerprint density at radius 2 is 0.522 bits per heavy atom. The Morgan fingerprint density at radius 1 is 0.290 bits per heavy atom. The Labute approximate surface area is 429 Å². The van der Waals surface area contributed by atoms with Crippen molar-refractivity contribution in [2.24, 2.45) is 0 Å². The monoisotopic (exact) mass is 969 g/mol. The molecule has 0 N–H and O–H groups in total. The molecule has 0 aromatic carbocycles. The van der Waals surface area contributed by atoms with Crippen molar-refractivity contribution >= 4 is 17.9 Å². The zero-order valence-electron chi connectivity index (χ0n) is 46.3. The van der Waals surface area contributed by atoms with E-state index in [1.807, 2.05) is 0 Å². The minimum absolute atomic E-state index is 0.0753. The van der Waals surface area contributed by atoms with Gasteiger partial charge in [0, 0.05) is 19.3 Å². The van der Waals surface area contributed by atoms with Crippen LogP contribution in [0.4, 0.5) is 0 Å². The summed E-state index contributed by atoms with van der Waals surface area (Å²) < 4.78 is 16.9. The highest BCUT2D eigenvalue weighted by Crippen LogP contribution is 2.17. The molecule has 0 fully saturated rings. The molecule has 0 amide bonds. The van der Waals surface area contributed by atoms with Gasteiger partial charge >= 0.3 is 17.9 Å². The van der Waals surface area contributed by atoms with E-state index in [0.717, 1.165) is 77.0 Å². The Morgan fingerprint density at radius 3 is 0.841 bits per heavy atom. The molecule has 0 saturated carbocycles. The van der Waals surface area contributed by atoms with E-state index in [9.17, 15) is 14.4 Å². The average Bonchev–Trinajstić information content (AvgIpc) is 3.35. The number of unbranched alkanes of at least 4 members (excludes halogenated alkanes) is 39. The van der Waals surface area contributed by atoms with Gasteiger partial charge in [-0.2, -0.15) is 0 Å². The second-order valence-electron chi connectivity index (χ2n) is 20.6. The molecule has 6 heteroatoms. The van der Waals surface area contributed by atoms with Gasteiger partial charge in [-0.1, -0.05) is 269 Å². The summed E-state index contributed by atoms with van der Waals surface area (Å²) in [6.45, 7) is 6.65. The molecular weight excluding hydrogens is 853 g/mol. The highest BCUT2D eigenvalue weighted by Gasteiger charge is 2.19. The quantitative estimate of drug-likeness (QED) is 0.0261. The summed E-state index contributed by atoms with van der Waals surface area (Å²) >= 11 is 0. The topological polar surface area (TPSA) is 78.9 Å². The molecule has 6 nitrogen and oxygen atoms in total. The van der Waals surface area contributed by atoms with Crippen molar-refractivity contribution in [1.29, 1.82) is 0 Å². The molecule has 0 spiro atoms. The van der Waals surface area contributed by atoms with E-state index >= 15 is 0 Å². The summed E-state index contributed by atoms with van der Waals surface area (Å²) in [6.07, 6.45) is 69.9. The largest absolute Gasteiger partial charge is 0.462 e. The number of allylic oxidation sites excluding steroid dienone is 6. The maximum absolute atomic E-state index is 12.9. The Balaban J connectivity index is 4.35. The van der Waals surface area contributed by atoms with Crippen molar-refractivity contribution in [3.8, 4) is 0 Å². The molecule has 0 aliphatic heterocycles. The van der Waals surface area contributed by atoms with E-state index in [4.69, 9.17) is 14.2 Å². The Kier molecular flexibility index (Phi) is 56.2. The van der Waals surface area contributed by atoms with Gasteiger partial charge in [-0.05, 0) is 77.0 Å². The molecule has 404 valence electrons. The van der Waals surface area contributed by atoms with E-state index in [1.54, 1.807) is 0 Å². The van der Waals surface area contributed by atoms with E-state index in [-0.39, 0.29) is 31.1 Å². The van der Waals surface area contributed by atoms with Crippen LogP contribution >= 0.6 is 0 Å². The van der Waals surface area contributed by atoms with Crippen LogP contribution in [-0.4, -0.2) is 37.2 Å². The van der Waals surface area contributed by atoms with Crippen LogP contribution in [0.2, 0.25) is 0 Å². The molecule has 0 unspecified atom stereocenters. The van der Waals surface area contributed by atoms with Crippen LogP contribution in [0, 0.1) is 0 Å². The van der Waals surface area contributed by atoms with E-state index < -0.39 is 6.10 Å². The lowest BCUT2D eigenvalue weighted by Gasteiger charge is -2.18. The van der Waals surface area contributed by atoms with Crippen molar-refractivity contribution in [1.82, 2.24) is 0 Å². The lowest BCUT2D eigenvalue weighted by atomic mass is 10.0. The van der Waals surface area contributed by atoms with Gasteiger partial charge in [0.25, 0.3) is 0 Å². The van der Waals surface area contributed by atoms with Crippen molar-refractivity contribution in [3.05, 3.63) is 36.5 Å². The number of hydrogen-bond donors (Lipinski definition) is 0. The molecule has 0 bridgehead atoms. The molecule has 0 heterocycles. The molecule has 1 atom stereocenters. The third kappa shape index (κ3) is 56.4. The van der Waals surface area contributed by atoms with Crippen molar-refractivity contribution in [2.75, 3.05) is 13.2 Å². The smallest absolute Gasteiger partial charge is 0.306 e. The maximum atomic E-state index is 12.9. The summed E-state index contributed by atoms with van der Waals surface area (Å²) in [7, 11) is 0. The molecule has 0 saturated heterocycles. The van der Waals surface area contributed by atoms with Crippen LogP contribution < -0.4 is 0 Å². The second-order valence-corrected chi connectivity index (χ2v) is 20.6. The maximum Gasteiger partial charge on any atom is 0.306 e. The van der Waals surface area contributed by atoms with Gasteiger partial charge < -0.3 is 14.2 Å². The van der Waals surface area contributed by atoms with Crippen LogP contribution in [0.5, 0.6) is 0 Å². The first-order chi connectivity index (χ1) is 34.0. The van der Waals surface area contributed by atoms with Gasteiger partial charge in [0.05, 0.1) is 0 Å². The highest BCUT2D eigenvalue weighted by atomic mass is 16.6. The first-order valence-electron chi connectivity index (χ1n) is 30.5. The summed E-state index contributed by atoms with van der Waals surface area (Å²) in [5, 5.41) is 0. The summed E-state index contributed by atoms with van der Waals surface area (Å²) in [5.41, 5.74) is 0. The number of rotatable bonds is 56. The number of carbonyl (C=O) groups excluding carboxylic acids is 3. The van der Waals surface area contributed by atoms with Gasteiger partial charge in [0.2, 0.25) is 0 Å². The average molecular weight is 970 g/mol. The fourth-order valence-corrected chi connectivity index (χ4v) is 9.00. The molecular formula is C63H116O6. The predicted molar refractivity (Wildman–Crippen MR) is 298 cm³/mol. The summed E-state index contributed by atoms with van der Waals surface area (Å²) in [4.78, 5) is 38.2. The molecule has 0 aliphatic carbocycles. The zero-order valence-corrected chi connectivity index (χ0v) is 46.3. The lowest BCUT2D eigenvalue weighted by molar-refractivity contribution is -0.167. The number of hydrogen-bond acceptors (Lipinski definition) is 6. The molecule has 69 heavy (non-hydrogen) atoms. The first kappa shape index (κ1) is 66.6. The van der Waals surface area contributed by atoms with Gasteiger partial charge in [-0.3, -0.25) is 14.4 Å². The van der Waals surface area contributed by atoms with Crippen LogP contribution in [-0.2, 0) is 28.6 Å². The minimum Gasteiger partial charge on any atom is -0.462 e. The van der Waals surface area contributed by atoms with Crippen molar-refractivity contribution in [2.45, 2.75) is 335 Å². The number of carbonyl (C=O) groups is 3. The standard InChI is InChI=1S/C63H116O6/c1-4-7-10-13-16-19-22-25-28-30-31-33-36-39-42-45-48-51-54-57-63(66)69-60(58-67-61(64)55-52-49-46-43-40-37-34-27-24-21-18-15-12-9-6-3)59-68-62(65)56-53-50-47-44-41-38-35-32-29-26-23-20-17-14-11-8-5-2/h17,20,26-27,29,34,60H,4-16,18-19,21-25,28,30-33,35-59H2,1-3H3/b20-17-,29-26-,34-27-/t60-/m0/s1. The highest BCUT2D eigenvalue weighted by molar-refractivity contribution is 5.71. The normalized spacial score (nSPS) is 12.2. The predicted octanol–water partition coefficient (Wildman–Crippen LogP) is 20.4. The second kappa shape index (κ2) is 58.2. The fourth-order valence-electron chi connectivity index (χ4n) is 9.00. The van der Waals surface area contributed by atoms with E-state index in [1.165, 1.54) is 212 Å². The number of ether oxygens (including phenoxy) is 3. The van der Waals surface area contributed by atoms with Crippen LogP contribution in [0.15, 0.2) is 36.5 Å². The fraction of sp³-hybridized carbons (Fsp3) is 0.857. The lowest BCUT2D eigenvalue weighted by Crippen LogP contribution is -2.30. The van der Waals surface area contributed by atoms with Gasteiger partial charge in [0.15, 0.2) is 6.10 Å². The van der Waals surface area contributed by atoms with E-state index in [2.05, 4.69) is 57.2 Å². The molecule has 0 aliphatic rings. The number of esters is 3. The van der Waals surface area contributed by atoms with Gasteiger partial charge in [-0.15, -0.1) is 0 Å². The van der Waals surface area contributed by atoms with Crippen LogP contribution in [0.25, 0.3) is 0 Å². The summed E-state index contributed by atoms with van der Waals surface area (Å²) in [6, 6.07) is 0. The van der Waals surface area contributed by atoms with Gasteiger partial charge in [0.1, 0.15) is 13.2 Å². The molecule has 0 radical (unpaired) electrons.